The molecule has 2 aromatic heterocycles. The van der Waals surface area contributed by atoms with Crippen LogP contribution in [0.25, 0.3) is 11.2 Å². The minimum absolute atomic E-state index is 0.0248. The maximum atomic E-state index is 10.1. The zero-order chi connectivity index (χ0) is 17.3. The molecule has 1 aliphatic rings. The molecule has 3 rings (SSSR count). The summed E-state index contributed by atoms with van der Waals surface area (Å²) in [5.41, 5.74) is 6.41. The van der Waals surface area contributed by atoms with Gasteiger partial charge in [-0.1, -0.05) is 18.6 Å². The lowest BCUT2D eigenvalue weighted by atomic mass is 10.1. The summed E-state index contributed by atoms with van der Waals surface area (Å²) >= 11 is 0. The number of rotatable bonds is 6. The molecular weight excluding hydrogens is 318 g/mol. The number of nitrogens with one attached hydrogen (secondary N) is 1. The summed E-state index contributed by atoms with van der Waals surface area (Å²) < 4.78 is 6.69. The van der Waals surface area contributed by atoms with Crippen LogP contribution in [0.1, 0.15) is 26.0 Å². The van der Waals surface area contributed by atoms with Crippen LogP contribution in [-0.4, -0.2) is 71.7 Å². The lowest BCUT2D eigenvalue weighted by Crippen LogP contribution is -2.33. The Bertz CT molecular complexity index is 709. The zero-order valence-electron chi connectivity index (χ0n) is 13.2. The summed E-state index contributed by atoms with van der Waals surface area (Å²) in [5.74, 6) is 0.473. The molecule has 0 radical (unpaired) electrons. The van der Waals surface area contributed by atoms with Crippen molar-refractivity contribution < 1.29 is 20.1 Å². The van der Waals surface area contributed by atoms with Crippen LogP contribution in [0.4, 0.5) is 11.8 Å². The Labute approximate surface area is 137 Å². The van der Waals surface area contributed by atoms with Gasteiger partial charge in [-0.05, 0) is 6.42 Å². The van der Waals surface area contributed by atoms with Gasteiger partial charge in [-0.3, -0.25) is 0 Å². The second-order valence-electron chi connectivity index (χ2n) is 5.65. The van der Waals surface area contributed by atoms with Crippen molar-refractivity contribution in [3.8, 4) is 0 Å². The number of nitrogens with two attached hydrogens (primary N) is 1. The molecular formula is C13H21N7O4. The number of unbranched alkanes of at least 4 members (excludes halogenated alkanes) is 1. The maximum absolute atomic E-state index is 10.1. The van der Waals surface area contributed by atoms with Crippen LogP contribution in [0, 0.1) is 0 Å². The average molecular weight is 339 g/mol. The Balaban J connectivity index is 1.95. The highest BCUT2D eigenvalue weighted by molar-refractivity contribution is 5.83. The predicted molar refractivity (Wildman–Crippen MR) is 83.9 cm³/mol. The summed E-state index contributed by atoms with van der Waals surface area (Å²) in [6.07, 6.45) is -2.48. The average Bonchev–Trinajstić information content (AvgIpc) is 3.10. The summed E-state index contributed by atoms with van der Waals surface area (Å²) in [6, 6.07) is 0. The van der Waals surface area contributed by atoms with Crippen molar-refractivity contribution >= 4 is 22.9 Å². The molecule has 6 N–H and O–H groups in total. The SMILES string of the molecule is CCCCNc1nc(N)nc2c1nnn2C1OC(CO)C(O)C1O. The van der Waals surface area contributed by atoms with E-state index in [0.29, 0.717) is 17.9 Å². The zero-order valence-corrected chi connectivity index (χ0v) is 13.2. The van der Waals surface area contributed by atoms with Crippen LogP contribution in [0.2, 0.25) is 0 Å². The van der Waals surface area contributed by atoms with E-state index in [2.05, 4.69) is 32.5 Å². The number of nitrogen functional groups attached to an aromatic ring is 1. The van der Waals surface area contributed by atoms with E-state index in [9.17, 15) is 15.3 Å². The summed E-state index contributed by atoms with van der Waals surface area (Å²) in [7, 11) is 0. The third kappa shape index (κ3) is 2.86. The first-order valence-corrected chi connectivity index (χ1v) is 7.81. The highest BCUT2D eigenvalue weighted by Gasteiger charge is 2.44. The molecule has 11 nitrogen and oxygen atoms in total. The Kier molecular flexibility index (Phi) is 4.76. The van der Waals surface area contributed by atoms with Crippen LogP contribution in [-0.2, 0) is 4.74 Å². The third-order valence-electron chi connectivity index (χ3n) is 3.92. The molecule has 2 aromatic rings. The van der Waals surface area contributed by atoms with Gasteiger partial charge in [0.2, 0.25) is 5.95 Å². The Morgan fingerprint density at radius 3 is 2.75 bits per heavy atom. The molecule has 1 saturated heterocycles. The number of hydrogen-bond donors (Lipinski definition) is 5. The largest absolute Gasteiger partial charge is 0.394 e. The lowest BCUT2D eigenvalue weighted by Gasteiger charge is -2.14. The molecule has 3 heterocycles. The Morgan fingerprint density at radius 2 is 2.08 bits per heavy atom. The van der Waals surface area contributed by atoms with Crippen LogP contribution in [0.15, 0.2) is 0 Å². The number of aromatic nitrogens is 5. The second-order valence-corrected chi connectivity index (χ2v) is 5.65. The van der Waals surface area contributed by atoms with E-state index in [0.717, 1.165) is 12.8 Å². The topological polar surface area (TPSA) is 164 Å². The molecule has 0 saturated carbocycles. The van der Waals surface area contributed by atoms with Gasteiger partial charge in [0.15, 0.2) is 23.2 Å². The van der Waals surface area contributed by atoms with Crippen molar-refractivity contribution in [1.82, 2.24) is 25.0 Å². The van der Waals surface area contributed by atoms with Gasteiger partial charge in [-0.25, -0.2) is 0 Å². The molecule has 11 heteroatoms. The van der Waals surface area contributed by atoms with E-state index in [1.54, 1.807) is 0 Å². The molecule has 1 fully saturated rings. The first kappa shape index (κ1) is 16.8. The highest BCUT2D eigenvalue weighted by Crippen LogP contribution is 2.31. The van der Waals surface area contributed by atoms with E-state index in [-0.39, 0.29) is 11.6 Å². The van der Waals surface area contributed by atoms with Crippen molar-refractivity contribution in [2.45, 2.75) is 44.3 Å². The highest BCUT2D eigenvalue weighted by atomic mass is 16.6. The van der Waals surface area contributed by atoms with Crippen LogP contribution >= 0.6 is 0 Å². The molecule has 24 heavy (non-hydrogen) atoms. The fraction of sp³-hybridized carbons (Fsp3) is 0.692. The third-order valence-corrected chi connectivity index (χ3v) is 3.92. The van der Waals surface area contributed by atoms with E-state index < -0.39 is 31.1 Å². The maximum Gasteiger partial charge on any atom is 0.224 e. The smallest absolute Gasteiger partial charge is 0.224 e. The Morgan fingerprint density at radius 1 is 1.29 bits per heavy atom. The van der Waals surface area contributed by atoms with Crippen molar-refractivity contribution in [2.24, 2.45) is 0 Å². The summed E-state index contributed by atoms with van der Waals surface area (Å²) in [4.78, 5) is 8.23. The molecule has 0 aromatic carbocycles. The molecule has 0 spiro atoms. The van der Waals surface area contributed by atoms with Gasteiger partial charge in [0.1, 0.15) is 18.3 Å². The number of fused-ring (bicyclic) bond motifs is 1. The molecule has 0 amide bonds. The summed E-state index contributed by atoms with van der Waals surface area (Å²) in [6.45, 7) is 2.34. The van der Waals surface area contributed by atoms with Gasteiger partial charge >= 0.3 is 0 Å². The number of aliphatic hydroxyl groups excluding tert-OH is 3. The minimum Gasteiger partial charge on any atom is -0.394 e. The molecule has 0 aliphatic carbocycles. The van der Waals surface area contributed by atoms with Gasteiger partial charge in [-0.15, -0.1) is 5.10 Å². The monoisotopic (exact) mass is 339 g/mol. The predicted octanol–water partition coefficient (Wildman–Crippen LogP) is -1.37. The number of hydrogen-bond acceptors (Lipinski definition) is 10. The van der Waals surface area contributed by atoms with Gasteiger partial charge in [0.05, 0.1) is 6.61 Å². The molecule has 0 bridgehead atoms. The number of nitrogens with zero attached hydrogens (tertiary/aromatic N) is 5. The van der Waals surface area contributed by atoms with Gasteiger partial charge in [0, 0.05) is 6.54 Å². The van der Waals surface area contributed by atoms with E-state index in [1.165, 1.54) is 4.68 Å². The minimum atomic E-state index is -1.28. The van der Waals surface area contributed by atoms with Crippen LogP contribution < -0.4 is 11.1 Å². The van der Waals surface area contributed by atoms with E-state index in [4.69, 9.17) is 10.5 Å². The van der Waals surface area contributed by atoms with Gasteiger partial charge in [-0.2, -0.15) is 14.6 Å². The van der Waals surface area contributed by atoms with Crippen molar-refractivity contribution in [1.29, 1.82) is 0 Å². The van der Waals surface area contributed by atoms with Gasteiger partial charge < -0.3 is 31.1 Å². The number of ether oxygens (including phenoxy) is 1. The molecule has 4 atom stereocenters. The van der Waals surface area contributed by atoms with Gasteiger partial charge in [0.25, 0.3) is 0 Å². The molecule has 1 aliphatic heterocycles. The summed E-state index contributed by atoms with van der Waals surface area (Å²) in [5, 5.41) is 40.3. The second kappa shape index (κ2) is 6.81. The standard InChI is InChI=1S/C13H21N7O4/c1-2-3-4-15-10-7-11(17-13(14)16-10)20(19-18-7)12-9(23)8(22)6(5-21)24-12/h6,8-9,12,21-23H,2-5H2,1H3,(H3,14,15,16,17). The van der Waals surface area contributed by atoms with Crippen LogP contribution in [0.3, 0.4) is 0 Å². The van der Waals surface area contributed by atoms with E-state index >= 15 is 0 Å². The lowest BCUT2D eigenvalue weighted by molar-refractivity contribution is -0.0574. The van der Waals surface area contributed by atoms with Crippen molar-refractivity contribution in [2.75, 3.05) is 24.2 Å². The Hall–Kier alpha value is -2.08. The number of aliphatic hydroxyl groups is 3. The van der Waals surface area contributed by atoms with E-state index in [1.807, 2.05) is 0 Å². The number of anilines is 2. The van der Waals surface area contributed by atoms with Crippen molar-refractivity contribution in [3.63, 3.8) is 0 Å². The van der Waals surface area contributed by atoms with Crippen LogP contribution in [0.5, 0.6) is 0 Å². The first-order valence-electron chi connectivity index (χ1n) is 7.81. The fourth-order valence-electron chi connectivity index (χ4n) is 2.61. The molecule has 4 unspecified atom stereocenters. The first-order chi connectivity index (χ1) is 11.6. The normalized spacial score (nSPS) is 27.0. The molecule has 132 valence electrons. The quantitative estimate of drug-likeness (QED) is 0.396. The van der Waals surface area contributed by atoms with Crippen molar-refractivity contribution in [3.05, 3.63) is 0 Å². The fourth-order valence-corrected chi connectivity index (χ4v) is 2.61.